The minimum atomic E-state index is -3.04. The Morgan fingerprint density at radius 2 is 1.88 bits per heavy atom. The Morgan fingerprint density at radius 1 is 1.25 bits per heavy atom. The van der Waals surface area contributed by atoms with Crippen molar-refractivity contribution in [3.63, 3.8) is 0 Å². The standard InChI is InChI=1S/C13H18O2S/c1-4-11-7-8-16(14,15)13-10(3)6-5-9(2)12(11)13/h5-6,11H,4,7-8H2,1-3H3. The molecule has 1 aliphatic rings. The van der Waals surface area contributed by atoms with Crippen LogP contribution in [-0.2, 0) is 9.84 Å². The zero-order chi connectivity index (χ0) is 11.9. The van der Waals surface area contributed by atoms with Crippen LogP contribution in [0.3, 0.4) is 0 Å². The van der Waals surface area contributed by atoms with E-state index in [0.717, 1.165) is 29.5 Å². The molecule has 0 saturated carbocycles. The van der Waals surface area contributed by atoms with Gasteiger partial charge in [0.1, 0.15) is 0 Å². The molecule has 0 radical (unpaired) electrons. The molecule has 2 nitrogen and oxygen atoms in total. The number of hydrogen-bond donors (Lipinski definition) is 0. The summed E-state index contributed by atoms with van der Waals surface area (Å²) in [5, 5.41) is 0. The van der Waals surface area contributed by atoms with Gasteiger partial charge in [-0.25, -0.2) is 8.42 Å². The Bertz CT molecular complexity index is 515. The van der Waals surface area contributed by atoms with Crippen LogP contribution < -0.4 is 0 Å². The lowest BCUT2D eigenvalue weighted by Crippen LogP contribution is -2.22. The molecular formula is C13H18O2S. The normalized spacial score (nSPS) is 22.8. The molecule has 16 heavy (non-hydrogen) atoms. The topological polar surface area (TPSA) is 34.1 Å². The highest BCUT2D eigenvalue weighted by Gasteiger charge is 2.31. The first-order chi connectivity index (χ1) is 7.47. The fraction of sp³-hybridized carbons (Fsp3) is 0.538. The number of hydrogen-bond acceptors (Lipinski definition) is 2. The Hall–Kier alpha value is -0.830. The number of sulfone groups is 1. The van der Waals surface area contributed by atoms with Crippen molar-refractivity contribution in [1.82, 2.24) is 0 Å². The number of aryl methyl sites for hydroxylation is 2. The van der Waals surface area contributed by atoms with Crippen molar-refractivity contribution in [1.29, 1.82) is 0 Å². The highest BCUT2D eigenvalue weighted by molar-refractivity contribution is 7.91. The summed E-state index contributed by atoms with van der Waals surface area (Å²) in [6.07, 6.45) is 1.79. The molecule has 0 aliphatic carbocycles. The van der Waals surface area contributed by atoms with Gasteiger partial charge in [0, 0.05) is 0 Å². The predicted molar refractivity (Wildman–Crippen MR) is 65.6 cm³/mol. The third-order valence-corrected chi connectivity index (χ3v) is 5.50. The first-order valence-corrected chi connectivity index (χ1v) is 7.45. The van der Waals surface area contributed by atoms with Gasteiger partial charge in [-0.1, -0.05) is 19.1 Å². The first-order valence-electron chi connectivity index (χ1n) is 5.80. The third kappa shape index (κ3) is 1.67. The zero-order valence-corrected chi connectivity index (χ0v) is 10.9. The van der Waals surface area contributed by atoms with Crippen molar-refractivity contribution in [2.45, 2.75) is 44.4 Å². The van der Waals surface area contributed by atoms with Crippen LogP contribution >= 0.6 is 0 Å². The van der Waals surface area contributed by atoms with E-state index in [4.69, 9.17) is 0 Å². The van der Waals surface area contributed by atoms with Crippen molar-refractivity contribution in [2.75, 3.05) is 5.75 Å². The molecule has 0 fully saturated rings. The van der Waals surface area contributed by atoms with Gasteiger partial charge in [-0.3, -0.25) is 0 Å². The van der Waals surface area contributed by atoms with E-state index in [1.54, 1.807) is 0 Å². The fourth-order valence-electron chi connectivity index (χ4n) is 2.68. The molecule has 88 valence electrons. The third-order valence-electron chi connectivity index (χ3n) is 3.56. The van der Waals surface area contributed by atoms with Gasteiger partial charge in [-0.2, -0.15) is 0 Å². The van der Waals surface area contributed by atoms with Crippen LogP contribution in [0.2, 0.25) is 0 Å². The summed E-state index contributed by atoms with van der Waals surface area (Å²) in [5.41, 5.74) is 3.10. The summed E-state index contributed by atoms with van der Waals surface area (Å²) in [7, 11) is -3.04. The molecule has 1 unspecified atom stereocenters. The van der Waals surface area contributed by atoms with E-state index in [1.165, 1.54) is 0 Å². The summed E-state index contributed by atoms with van der Waals surface area (Å²) in [5.74, 6) is 0.724. The average molecular weight is 238 g/mol. The molecular weight excluding hydrogens is 220 g/mol. The van der Waals surface area contributed by atoms with Crippen molar-refractivity contribution in [3.8, 4) is 0 Å². The molecule has 1 aromatic rings. The quantitative estimate of drug-likeness (QED) is 0.753. The summed E-state index contributed by atoms with van der Waals surface area (Å²) in [6, 6.07) is 3.96. The monoisotopic (exact) mass is 238 g/mol. The molecule has 0 saturated heterocycles. The van der Waals surface area contributed by atoms with Crippen LogP contribution in [-0.4, -0.2) is 14.2 Å². The lowest BCUT2D eigenvalue weighted by atomic mass is 9.89. The SMILES string of the molecule is CCC1CCS(=O)(=O)c2c(C)ccc(C)c21. The highest BCUT2D eigenvalue weighted by atomic mass is 32.2. The minimum Gasteiger partial charge on any atom is -0.224 e. The predicted octanol–water partition coefficient (Wildman–Crippen LogP) is 2.97. The Morgan fingerprint density at radius 3 is 2.50 bits per heavy atom. The van der Waals surface area contributed by atoms with Gasteiger partial charge in [0.05, 0.1) is 10.6 Å². The largest absolute Gasteiger partial charge is 0.224 e. The van der Waals surface area contributed by atoms with Crippen LogP contribution in [0.25, 0.3) is 0 Å². The zero-order valence-electron chi connectivity index (χ0n) is 10.1. The molecule has 2 rings (SSSR count). The van der Waals surface area contributed by atoms with Gasteiger partial charge in [0.25, 0.3) is 0 Å². The molecule has 1 atom stereocenters. The molecule has 1 heterocycles. The molecule has 1 aromatic carbocycles. The molecule has 0 aromatic heterocycles. The van der Waals surface area contributed by atoms with Crippen molar-refractivity contribution >= 4 is 9.84 Å². The average Bonchev–Trinajstić information content (AvgIpc) is 2.23. The van der Waals surface area contributed by atoms with Crippen LogP contribution in [0, 0.1) is 13.8 Å². The van der Waals surface area contributed by atoms with Crippen LogP contribution in [0.5, 0.6) is 0 Å². The second-order valence-corrected chi connectivity index (χ2v) is 6.70. The minimum absolute atomic E-state index is 0.308. The molecule has 1 aliphatic heterocycles. The van der Waals surface area contributed by atoms with Gasteiger partial charge in [-0.05, 0) is 49.3 Å². The highest BCUT2D eigenvalue weighted by Crippen LogP contribution is 2.39. The Labute approximate surface area is 97.6 Å². The summed E-state index contributed by atoms with van der Waals surface area (Å²) < 4.78 is 24.2. The van der Waals surface area contributed by atoms with E-state index in [9.17, 15) is 8.42 Å². The number of benzene rings is 1. The van der Waals surface area contributed by atoms with E-state index in [2.05, 4.69) is 6.92 Å². The molecule has 3 heteroatoms. The van der Waals surface area contributed by atoms with Gasteiger partial charge in [0.2, 0.25) is 0 Å². The molecule has 0 amide bonds. The van der Waals surface area contributed by atoms with Crippen molar-refractivity contribution < 1.29 is 8.42 Å². The molecule has 0 N–H and O–H groups in total. The van der Waals surface area contributed by atoms with E-state index in [1.807, 2.05) is 26.0 Å². The van der Waals surface area contributed by atoms with Gasteiger partial charge >= 0.3 is 0 Å². The van der Waals surface area contributed by atoms with E-state index >= 15 is 0 Å². The molecule has 0 spiro atoms. The Kier molecular flexibility index (Phi) is 2.82. The summed E-state index contributed by atoms with van der Waals surface area (Å²) >= 11 is 0. The second kappa shape index (κ2) is 3.88. The lowest BCUT2D eigenvalue weighted by Gasteiger charge is -2.27. The van der Waals surface area contributed by atoms with E-state index < -0.39 is 9.84 Å². The second-order valence-electron chi connectivity index (χ2n) is 4.65. The first kappa shape index (κ1) is 11.6. The maximum Gasteiger partial charge on any atom is 0.178 e. The fourth-order valence-corrected chi connectivity index (χ4v) is 4.70. The smallest absolute Gasteiger partial charge is 0.178 e. The lowest BCUT2D eigenvalue weighted by molar-refractivity contribution is 0.554. The maximum absolute atomic E-state index is 12.1. The van der Waals surface area contributed by atoms with Crippen molar-refractivity contribution in [3.05, 3.63) is 28.8 Å². The number of rotatable bonds is 1. The van der Waals surface area contributed by atoms with E-state index in [0.29, 0.717) is 16.6 Å². The summed E-state index contributed by atoms with van der Waals surface area (Å²) in [6.45, 7) is 6.05. The summed E-state index contributed by atoms with van der Waals surface area (Å²) in [4.78, 5) is 0.616. The van der Waals surface area contributed by atoms with Crippen LogP contribution in [0.1, 0.15) is 42.4 Å². The van der Waals surface area contributed by atoms with Gasteiger partial charge < -0.3 is 0 Å². The number of fused-ring (bicyclic) bond motifs is 1. The van der Waals surface area contributed by atoms with Crippen molar-refractivity contribution in [2.24, 2.45) is 0 Å². The van der Waals surface area contributed by atoms with Crippen LogP contribution in [0.4, 0.5) is 0 Å². The molecule has 0 bridgehead atoms. The van der Waals surface area contributed by atoms with Gasteiger partial charge in [-0.15, -0.1) is 0 Å². The van der Waals surface area contributed by atoms with E-state index in [-0.39, 0.29) is 0 Å². The van der Waals surface area contributed by atoms with Gasteiger partial charge in [0.15, 0.2) is 9.84 Å². The van der Waals surface area contributed by atoms with Crippen LogP contribution in [0.15, 0.2) is 17.0 Å². The maximum atomic E-state index is 12.1. The Balaban J connectivity index is 2.78.